The lowest BCUT2D eigenvalue weighted by molar-refractivity contribution is -0.130. The first-order valence-corrected chi connectivity index (χ1v) is 10.5. The van der Waals surface area contributed by atoms with Crippen molar-refractivity contribution >= 4 is 17.7 Å². The van der Waals surface area contributed by atoms with Crippen molar-refractivity contribution in [3.8, 4) is 0 Å². The van der Waals surface area contributed by atoms with Gasteiger partial charge in [-0.15, -0.1) is 0 Å². The molecular weight excluding hydrogens is 383 g/mol. The van der Waals surface area contributed by atoms with Crippen LogP contribution in [-0.4, -0.2) is 85.1 Å². The maximum absolute atomic E-state index is 13.8. The molecule has 3 heterocycles. The normalized spacial score (nSPS) is 18.0. The Labute approximate surface area is 177 Å². The van der Waals surface area contributed by atoms with Gasteiger partial charge in [0.05, 0.1) is 6.42 Å². The van der Waals surface area contributed by atoms with Gasteiger partial charge >= 0.3 is 0 Å². The van der Waals surface area contributed by atoms with Gasteiger partial charge in [-0.2, -0.15) is 4.98 Å². The standard InChI is InChI=1S/C22H29FN6O/c1-17-15-20(27-9-7-26(2)8-10-27)25-22(24-17)29-13-11-28(12-14-29)21(30)16-18-5-3-4-6-19(18)23/h3-6,15H,7-14,16H2,1-2H3. The third kappa shape index (κ3) is 4.70. The number of amides is 1. The predicted octanol–water partition coefficient (Wildman–Crippen LogP) is 1.57. The van der Waals surface area contributed by atoms with E-state index >= 15 is 0 Å². The number of halogens is 1. The highest BCUT2D eigenvalue weighted by Crippen LogP contribution is 2.20. The number of aromatic nitrogens is 2. The molecule has 1 amide bonds. The molecular formula is C22H29FN6O. The largest absolute Gasteiger partial charge is 0.354 e. The molecule has 0 radical (unpaired) electrons. The van der Waals surface area contributed by atoms with E-state index in [0.717, 1.165) is 43.6 Å². The van der Waals surface area contributed by atoms with Gasteiger partial charge in [0.2, 0.25) is 11.9 Å². The summed E-state index contributed by atoms with van der Waals surface area (Å²) in [6.45, 7) is 8.52. The molecule has 1 aromatic carbocycles. The minimum absolute atomic E-state index is 0.0389. The zero-order valence-electron chi connectivity index (χ0n) is 17.7. The van der Waals surface area contributed by atoms with Gasteiger partial charge in [0.15, 0.2) is 0 Å². The Morgan fingerprint density at radius 2 is 1.63 bits per heavy atom. The van der Waals surface area contributed by atoms with Crippen LogP contribution < -0.4 is 9.80 Å². The molecule has 160 valence electrons. The van der Waals surface area contributed by atoms with E-state index in [0.29, 0.717) is 31.7 Å². The lowest BCUT2D eigenvalue weighted by Gasteiger charge is -2.36. The molecule has 0 spiro atoms. The molecule has 2 saturated heterocycles. The van der Waals surface area contributed by atoms with E-state index in [-0.39, 0.29) is 18.1 Å². The number of likely N-dealkylation sites (N-methyl/N-ethyl adjacent to an activating group) is 1. The van der Waals surface area contributed by atoms with Crippen molar-refractivity contribution in [2.75, 3.05) is 69.2 Å². The average Bonchev–Trinajstić information content (AvgIpc) is 2.75. The summed E-state index contributed by atoms with van der Waals surface area (Å²) in [5.41, 5.74) is 1.40. The molecule has 2 aliphatic heterocycles. The van der Waals surface area contributed by atoms with Crippen molar-refractivity contribution in [1.29, 1.82) is 0 Å². The number of anilines is 2. The minimum atomic E-state index is -0.325. The van der Waals surface area contributed by atoms with Crippen LogP contribution in [0, 0.1) is 12.7 Å². The predicted molar refractivity (Wildman–Crippen MR) is 115 cm³/mol. The first kappa shape index (κ1) is 20.5. The second kappa shape index (κ2) is 8.95. The van der Waals surface area contributed by atoms with Crippen LogP contribution in [0.4, 0.5) is 16.2 Å². The lowest BCUT2D eigenvalue weighted by Crippen LogP contribution is -2.50. The molecule has 0 N–H and O–H groups in total. The summed E-state index contributed by atoms with van der Waals surface area (Å²) in [7, 11) is 2.14. The van der Waals surface area contributed by atoms with Crippen LogP contribution in [0.3, 0.4) is 0 Å². The van der Waals surface area contributed by atoms with Crippen LogP contribution in [0.25, 0.3) is 0 Å². The molecule has 2 fully saturated rings. The average molecular weight is 413 g/mol. The number of benzene rings is 1. The SMILES string of the molecule is Cc1cc(N2CCN(C)CC2)nc(N2CCN(C(=O)Cc3ccccc3F)CC2)n1. The third-order valence-corrected chi connectivity index (χ3v) is 5.87. The van der Waals surface area contributed by atoms with E-state index in [9.17, 15) is 9.18 Å². The van der Waals surface area contributed by atoms with E-state index in [2.05, 4.69) is 26.7 Å². The van der Waals surface area contributed by atoms with Crippen molar-refractivity contribution < 1.29 is 9.18 Å². The molecule has 1 aromatic heterocycles. The Morgan fingerprint density at radius 1 is 0.967 bits per heavy atom. The van der Waals surface area contributed by atoms with Crippen molar-refractivity contribution in [3.05, 3.63) is 47.4 Å². The van der Waals surface area contributed by atoms with Crippen LogP contribution in [0.2, 0.25) is 0 Å². The number of nitrogens with zero attached hydrogens (tertiary/aromatic N) is 6. The molecule has 0 unspecified atom stereocenters. The van der Waals surface area contributed by atoms with Gasteiger partial charge in [-0.25, -0.2) is 9.37 Å². The van der Waals surface area contributed by atoms with Gasteiger partial charge in [0.25, 0.3) is 0 Å². The summed E-state index contributed by atoms with van der Waals surface area (Å²) >= 11 is 0. The Balaban J connectivity index is 1.38. The van der Waals surface area contributed by atoms with Crippen LogP contribution in [0.5, 0.6) is 0 Å². The summed E-state index contributed by atoms with van der Waals surface area (Å²) < 4.78 is 13.8. The molecule has 4 rings (SSSR count). The molecule has 7 nitrogen and oxygen atoms in total. The summed E-state index contributed by atoms with van der Waals surface area (Å²) in [6.07, 6.45) is 0.0984. The monoisotopic (exact) mass is 412 g/mol. The second-order valence-electron chi connectivity index (χ2n) is 8.09. The Morgan fingerprint density at radius 3 is 2.33 bits per heavy atom. The van der Waals surface area contributed by atoms with Gasteiger partial charge < -0.3 is 19.6 Å². The van der Waals surface area contributed by atoms with E-state index in [4.69, 9.17) is 4.98 Å². The Kier molecular flexibility index (Phi) is 6.13. The zero-order chi connectivity index (χ0) is 21.1. The lowest BCUT2D eigenvalue weighted by atomic mass is 10.1. The fourth-order valence-electron chi connectivity index (χ4n) is 3.95. The number of carbonyl (C=O) groups excluding carboxylic acids is 1. The summed E-state index contributed by atoms with van der Waals surface area (Å²) in [4.78, 5) is 30.6. The molecule has 8 heteroatoms. The van der Waals surface area contributed by atoms with Gasteiger partial charge in [-0.1, -0.05) is 18.2 Å². The fraction of sp³-hybridized carbons (Fsp3) is 0.500. The molecule has 0 bridgehead atoms. The number of hydrogen-bond acceptors (Lipinski definition) is 6. The molecule has 2 aliphatic rings. The minimum Gasteiger partial charge on any atom is -0.354 e. The molecule has 0 atom stereocenters. The van der Waals surface area contributed by atoms with Crippen LogP contribution in [0.15, 0.2) is 30.3 Å². The molecule has 30 heavy (non-hydrogen) atoms. The summed E-state index contributed by atoms with van der Waals surface area (Å²) in [5.74, 6) is 1.34. The maximum atomic E-state index is 13.8. The van der Waals surface area contributed by atoms with Crippen molar-refractivity contribution in [2.24, 2.45) is 0 Å². The van der Waals surface area contributed by atoms with Crippen molar-refractivity contribution in [1.82, 2.24) is 19.8 Å². The Bertz CT molecular complexity index is 891. The number of aryl methyl sites for hydroxylation is 1. The molecule has 0 aliphatic carbocycles. The van der Waals surface area contributed by atoms with Crippen LogP contribution in [0.1, 0.15) is 11.3 Å². The smallest absolute Gasteiger partial charge is 0.227 e. The Hall–Kier alpha value is -2.74. The van der Waals surface area contributed by atoms with Crippen LogP contribution >= 0.6 is 0 Å². The van der Waals surface area contributed by atoms with Gasteiger partial charge in [0, 0.05) is 64.1 Å². The first-order valence-electron chi connectivity index (χ1n) is 10.5. The van der Waals surface area contributed by atoms with E-state index in [1.807, 2.05) is 13.0 Å². The number of rotatable bonds is 4. The van der Waals surface area contributed by atoms with E-state index in [1.54, 1.807) is 23.1 Å². The molecule has 2 aromatic rings. The highest BCUT2D eigenvalue weighted by Gasteiger charge is 2.24. The third-order valence-electron chi connectivity index (χ3n) is 5.87. The topological polar surface area (TPSA) is 55.8 Å². The first-order chi connectivity index (χ1) is 14.5. The number of piperazine rings is 2. The zero-order valence-corrected chi connectivity index (χ0v) is 17.7. The van der Waals surface area contributed by atoms with E-state index in [1.165, 1.54) is 6.07 Å². The van der Waals surface area contributed by atoms with E-state index < -0.39 is 0 Å². The van der Waals surface area contributed by atoms with Gasteiger partial charge in [-0.05, 0) is 25.6 Å². The fourth-order valence-corrected chi connectivity index (χ4v) is 3.95. The number of hydrogen-bond donors (Lipinski definition) is 0. The summed E-state index contributed by atoms with van der Waals surface area (Å²) in [6, 6.07) is 8.51. The highest BCUT2D eigenvalue weighted by molar-refractivity contribution is 5.79. The van der Waals surface area contributed by atoms with Crippen LogP contribution in [-0.2, 0) is 11.2 Å². The van der Waals surface area contributed by atoms with Crippen molar-refractivity contribution in [2.45, 2.75) is 13.3 Å². The van der Waals surface area contributed by atoms with Gasteiger partial charge in [0.1, 0.15) is 11.6 Å². The quantitative estimate of drug-likeness (QED) is 0.760. The highest BCUT2D eigenvalue weighted by atomic mass is 19.1. The summed E-state index contributed by atoms with van der Waals surface area (Å²) in [5, 5.41) is 0. The van der Waals surface area contributed by atoms with Crippen molar-refractivity contribution in [3.63, 3.8) is 0 Å². The second-order valence-corrected chi connectivity index (χ2v) is 8.09. The molecule has 0 saturated carbocycles. The maximum Gasteiger partial charge on any atom is 0.227 e. The van der Waals surface area contributed by atoms with Gasteiger partial charge in [-0.3, -0.25) is 4.79 Å². The number of carbonyl (C=O) groups is 1.